The highest BCUT2D eigenvalue weighted by Crippen LogP contribution is 2.36. The van der Waals surface area contributed by atoms with Crippen molar-refractivity contribution in [3.05, 3.63) is 38.6 Å². The Kier molecular flexibility index (Phi) is 6.98. The van der Waals surface area contributed by atoms with E-state index in [1.807, 2.05) is 25.1 Å². The van der Waals surface area contributed by atoms with Crippen LogP contribution in [0, 0.1) is 6.92 Å². The third kappa shape index (κ3) is 4.77. The summed E-state index contributed by atoms with van der Waals surface area (Å²) in [7, 11) is 1.34. The highest BCUT2D eigenvalue weighted by Gasteiger charge is 2.13. The van der Waals surface area contributed by atoms with E-state index in [1.165, 1.54) is 18.9 Å². The van der Waals surface area contributed by atoms with Gasteiger partial charge in [-0.2, -0.15) is 0 Å². The first-order valence-electron chi connectivity index (χ1n) is 5.58. The van der Waals surface area contributed by atoms with Gasteiger partial charge >= 0.3 is 5.97 Å². The number of methoxy groups -OCH3 is 1. The van der Waals surface area contributed by atoms with Crippen molar-refractivity contribution in [3.63, 3.8) is 0 Å². The minimum absolute atomic E-state index is 0.151. The molecule has 0 spiro atoms. The summed E-state index contributed by atoms with van der Waals surface area (Å²) in [6, 6.07) is 5.59. The first-order valence-corrected chi connectivity index (χ1v) is 7.72. The topological polar surface area (TPSA) is 64.7 Å². The molecule has 0 amide bonds. The molecule has 0 unspecified atom stereocenters. The van der Waals surface area contributed by atoms with Gasteiger partial charge in [0.25, 0.3) is 0 Å². The Morgan fingerprint density at radius 1 is 1.55 bits per heavy atom. The number of carbonyl (C=O) groups excluding carboxylic acids is 1. The second-order valence-electron chi connectivity index (χ2n) is 3.77. The predicted octanol–water partition coefficient (Wildman–Crippen LogP) is 3.49. The highest BCUT2D eigenvalue weighted by atomic mass is 35.5. The molecule has 0 atom stereocenters. The summed E-state index contributed by atoms with van der Waals surface area (Å²) < 4.78 is 9.01. The molecule has 0 bridgehead atoms. The van der Waals surface area contributed by atoms with E-state index >= 15 is 0 Å². The fourth-order valence-electron chi connectivity index (χ4n) is 1.34. The van der Waals surface area contributed by atoms with E-state index in [-0.39, 0.29) is 11.7 Å². The molecule has 1 aromatic carbocycles. The zero-order valence-electron chi connectivity index (χ0n) is 11.2. The number of halogens is 1. The van der Waals surface area contributed by atoms with Crippen molar-refractivity contribution >= 4 is 53.7 Å². The summed E-state index contributed by atoms with van der Waals surface area (Å²) in [6.07, 6.45) is 0. The standard InChI is InChI=1S/C13H15ClN2O2S2/c1-8-4-5-9(10(14)6-8)12(15)13(20-16-2)19-7-11(17)18-3/h4-6H,2,7,15H2,1,3H3/b13-12-. The van der Waals surface area contributed by atoms with Crippen LogP contribution >= 0.6 is 35.3 Å². The average molecular weight is 331 g/mol. The van der Waals surface area contributed by atoms with Gasteiger partial charge < -0.3 is 10.5 Å². The zero-order chi connectivity index (χ0) is 15.1. The van der Waals surface area contributed by atoms with E-state index in [2.05, 4.69) is 15.9 Å². The Hall–Kier alpha value is -1.11. The summed E-state index contributed by atoms with van der Waals surface area (Å²) in [6.45, 7) is 5.37. The first kappa shape index (κ1) is 16.9. The van der Waals surface area contributed by atoms with E-state index < -0.39 is 0 Å². The molecule has 0 aliphatic rings. The van der Waals surface area contributed by atoms with Crippen LogP contribution in [0.4, 0.5) is 0 Å². The maximum Gasteiger partial charge on any atom is 0.316 e. The Labute approximate surface area is 131 Å². The molecule has 1 rings (SSSR count). The Morgan fingerprint density at radius 2 is 2.25 bits per heavy atom. The molecule has 1 aromatic rings. The van der Waals surface area contributed by atoms with E-state index in [0.29, 0.717) is 20.5 Å². The quantitative estimate of drug-likeness (QED) is 0.491. The maximum atomic E-state index is 11.2. The van der Waals surface area contributed by atoms with Crippen molar-refractivity contribution in [1.82, 2.24) is 0 Å². The molecule has 4 nitrogen and oxygen atoms in total. The van der Waals surface area contributed by atoms with Crippen molar-refractivity contribution < 1.29 is 9.53 Å². The number of carbonyl (C=O) groups is 1. The number of hydrogen-bond acceptors (Lipinski definition) is 6. The third-order valence-electron chi connectivity index (χ3n) is 2.33. The molecule has 0 aromatic heterocycles. The number of ether oxygens (including phenoxy) is 1. The van der Waals surface area contributed by atoms with Crippen molar-refractivity contribution in [1.29, 1.82) is 0 Å². The zero-order valence-corrected chi connectivity index (χ0v) is 13.6. The van der Waals surface area contributed by atoms with Crippen LogP contribution in [-0.2, 0) is 9.53 Å². The molecule has 20 heavy (non-hydrogen) atoms. The summed E-state index contributed by atoms with van der Waals surface area (Å²) in [4.78, 5) is 11.2. The largest absolute Gasteiger partial charge is 0.468 e. The molecular formula is C13H15ClN2O2S2. The fourth-order valence-corrected chi connectivity index (χ4v) is 3.18. The summed E-state index contributed by atoms with van der Waals surface area (Å²) in [5, 5.41) is 0.559. The lowest BCUT2D eigenvalue weighted by atomic mass is 10.1. The van der Waals surface area contributed by atoms with Crippen molar-refractivity contribution in [2.75, 3.05) is 12.9 Å². The molecule has 7 heteroatoms. The average Bonchev–Trinajstić information content (AvgIpc) is 2.42. The van der Waals surface area contributed by atoms with Crippen LogP contribution in [0.1, 0.15) is 11.1 Å². The smallest absolute Gasteiger partial charge is 0.316 e. The second-order valence-corrected chi connectivity index (χ2v) is 6.27. The number of nitrogens with zero attached hydrogens (tertiary/aromatic N) is 1. The minimum Gasteiger partial charge on any atom is -0.468 e. The summed E-state index contributed by atoms with van der Waals surface area (Å²) in [5.74, 6) is -0.182. The molecule has 0 radical (unpaired) electrons. The van der Waals surface area contributed by atoms with Crippen LogP contribution in [0.25, 0.3) is 5.70 Å². The van der Waals surface area contributed by atoms with E-state index in [4.69, 9.17) is 17.3 Å². The molecule has 0 aliphatic heterocycles. The van der Waals surface area contributed by atoms with Gasteiger partial charge in [0, 0.05) is 17.5 Å². The molecule has 0 aliphatic carbocycles. The van der Waals surface area contributed by atoms with Crippen LogP contribution in [0.3, 0.4) is 0 Å². The number of rotatable bonds is 6. The van der Waals surface area contributed by atoms with E-state index in [1.54, 1.807) is 0 Å². The fraction of sp³-hybridized carbons (Fsp3) is 0.231. The minimum atomic E-state index is -0.333. The summed E-state index contributed by atoms with van der Waals surface area (Å²) in [5.41, 5.74) is 8.35. The molecule has 0 heterocycles. The van der Waals surface area contributed by atoms with Gasteiger partial charge in [-0.3, -0.25) is 4.79 Å². The van der Waals surface area contributed by atoms with Gasteiger partial charge in [-0.25, -0.2) is 4.40 Å². The second kappa shape index (κ2) is 8.24. The number of aryl methyl sites for hydroxylation is 1. The predicted molar refractivity (Wildman–Crippen MR) is 88.9 cm³/mol. The Morgan fingerprint density at radius 3 is 2.80 bits per heavy atom. The van der Waals surface area contributed by atoms with Gasteiger partial charge in [0.05, 0.1) is 27.8 Å². The molecule has 0 fully saturated rings. The van der Waals surface area contributed by atoms with E-state index in [9.17, 15) is 4.79 Å². The molecular weight excluding hydrogens is 316 g/mol. The van der Waals surface area contributed by atoms with Crippen LogP contribution in [0.15, 0.2) is 26.8 Å². The van der Waals surface area contributed by atoms with E-state index in [0.717, 1.165) is 17.5 Å². The van der Waals surface area contributed by atoms with Crippen LogP contribution in [-0.4, -0.2) is 25.5 Å². The van der Waals surface area contributed by atoms with Crippen molar-refractivity contribution in [2.45, 2.75) is 6.92 Å². The number of nitrogens with two attached hydrogens (primary N) is 1. The molecule has 108 valence electrons. The van der Waals surface area contributed by atoms with Gasteiger partial charge in [0.15, 0.2) is 0 Å². The first-order chi connectivity index (χ1) is 9.49. The number of hydrogen-bond donors (Lipinski definition) is 1. The monoisotopic (exact) mass is 330 g/mol. The lowest BCUT2D eigenvalue weighted by Gasteiger charge is -2.10. The van der Waals surface area contributed by atoms with Gasteiger partial charge in [-0.1, -0.05) is 23.7 Å². The third-order valence-corrected chi connectivity index (χ3v) is 4.60. The molecule has 2 N–H and O–H groups in total. The normalized spacial score (nSPS) is 11.8. The van der Waals surface area contributed by atoms with Gasteiger partial charge in [-0.05, 0) is 25.3 Å². The highest BCUT2D eigenvalue weighted by molar-refractivity contribution is 8.22. The number of esters is 1. The number of benzene rings is 1. The van der Waals surface area contributed by atoms with Crippen LogP contribution in [0.2, 0.25) is 5.02 Å². The molecule has 0 saturated heterocycles. The lowest BCUT2D eigenvalue weighted by molar-refractivity contribution is -0.137. The van der Waals surface area contributed by atoms with Crippen molar-refractivity contribution in [2.24, 2.45) is 10.1 Å². The maximum absolute atomic E-state index is 11.2. The molecule has 0 saturated carbocycles. The van der Waals surface area contributed by atoms with Gasteiger partial charge in [0.1, 0.15) is 0 Å². The Balaban J connectivity index is 3.06. The van der Waals surface area contributed by atoms with Crippen molar-refractivity contribution in [3.8, 4) is 0 Å². The van der Waals surface area contributed by atoms with Crippen LogP contribution < -0.4 is 5.73 Å². The Bertz CT molecular complexity index is 547. The van der Waals surface area contributed by atoms with Crippen LogP contribution in [0.5, 0.6) is 0 Å². The van der Waals surface area contributed by atoms with Gasteiger partial charge in [0.2, 0.25) is 0 Å². The number of thioether (sulfide) groups is 1. The lowest BCUT2D eigenvalue weighted by Crippen LogP contribution is -2.05. The summed E-state index contributed by atoms with van der Waals surface area (Å²) >= 11 is 8.54. The SMILES string of the molecule is C=NS/C(SCC(=O)OC)=C(\N)c1ccc(C)cc1Cl. The van der Waals surface area contributed by atoms with Gasteiger partial charge in [-0.15, -0.1) is 11.8 Å².